The summed E-state index contributed by atoms with van der Waals surface area (Å²) in [6.07, 6.45) is 8.69. The number of nitrogens with one attached hydrogen (secondary N) is 1. The van der Waals surface area contributed by atoms with Gasteiger partial charge in [0.25, 0.3) is 5.91 Å². The van der Waals surface area contributed by atoms with Gasteiger partial charge in [0, 0.05) is 25.4 Å². The highest BCUT2D eigenvalue weighted by atomic mass is 32.1. The van der Waals surface area contributed by atoms with Crippen LogP contribution in [-0.4, -0.2) is 34.7 Å². The van der Waals surface area contributed by atoms with E-state index >= 15 is 0 Å². The summed E-state index contributed by atoms with van der Waals surface area (Å²) in [4.78, 5) is 30.9. The van der Waals surface area contributed by atoms with Crippen molar-refractivity contribution in [2.24, 2.45) is 5.92 Å². The molecule has 8 nitrogen and oxygen atoms in total. The van der Waals surface area contributed by atoms with Crippen LogP contribution in [0.1, 0.15) is 66.6 Å². The van der Waals surface area contributed by atoms with Gasteiger partial charge in [-0.25, -0.2) is 4.98 Å². The summed E-state index contributed by atoms with van der Waals surface area (Å²) in [6, 6.07) is 14.4. The van der Waals surface area contributed by atoms with E-state index in [1.807, 2.05) is 35.7 Å². The van der Waals surface area contributed by atoms with Gasteiger partial charge in [-0.2, -0.15) is 0 Å². The van der Waals surface area contributed by atoms with Crippen molar-refractivity contribution in [2.45, 2.75) is 51.5 Å². The lowest BCUT2D eigenvalue weighted by atomic mass is 9.77. The van der Waals surface area contributed by atoms with E-state index in [4.69, 9.17) is 14.2 Å². The lowest BCUT2D eigenvalue weighted by molar-refractivity contribution is -0.144. The first kappa shape index (κ1) is 25.4. The van der Waals surface area contributed by atoms with Crippen molar-refractivity contribution < 1.29 is 23.8 Å². The zero-order valence-electron chi connectivity index (χ0n) is 21.9. The summed E-state index contributed by atoms with van der Waals surface area (Å²) < 4.78 is 17.8. The SMILES string of the molecule is CCOC(=O)CC1CCC(c2ccc(-c3cn4cc(C(=O)NCc5ccc6c(c5)OCO6)nc4s3)cc2)CC1. The zero-order valence-corrected chi connectivity index (χ0v) is 22.7. The highest BCUT2D eigenvalue weighted by molar-refractivity contribution is 7.20. The molecule has 1 aliphatic heterocycles. The van der Waals surface area contributed by atoms with E-state index in [2.05, 4.69) is 34.6 Å². The minimum Gasteiger partial charge on any atom is -0.466 e. The molecule has 4 aromatic rings. The Bertz CT molecular complexity index is 1450. The number of imidazole rings is 1. The first-order valence-electron chi connectivity index (χ1n) is 13.5. The second-order valence-corrected chi connectivity index (χ2v) is 11.1. The fraction of sp³-hybridized carbons (Fsp3) is 0.367. The van der Waals surface area contributed by atoms with Crippen LogP contribution < -0.4 is 14.8 Å². The Morgan fingerprint density at radius 1 is 1.05 bits per heavy atom. The third-order valence-electron chi connectivity index (χ3n) is 7.55. The summed E-state index contributed by atoms with van der Waals surface area (Å²) in [7, 11) is 0. The van der Waals surface area contributed by atoms with Crippen LogP contribution in [0.25, 0.3) is 15.4 Å². The predicted octanol–water partition coefficient (Wildman–Crippen LogP) is 5.95. The number of nitrogens with zero attached hydrogens (tertiary/aromatic N) is 2. The topological polar surface area (TPSA) is 91.2 Å². The van der Waals surface area contributed by atoms with Gasteiger partial charge in [0.05, 0.1) is 11.5 Å². The van der Waals surface area contributed by atoms with Crippen molar-refractivity contribution in [2.75, 3.05) is 13.4 Å². The van der Waals surface area contributed by atoms with Crippen molar-refractivity contribution in [1.82, 2.24) is 14.7 Å². The van der Waals surface area contributed by atoms with E-state index in [0.717, 1.165) is 52.4 Å². The van der Waals surface area contributed by atoms with E-state index in [9.17, 15) is 9.59 Å². The van der Waals surface area contributed by atoms with Crippen LogP contribution in [0.3, 0.4) is 0 Å². The normalized spacial score (nSPS) is 18.3. The van der Waals surface area contributed by atoms with Crippen LogP contribution in [0.5, 0.6) is 11.5 Å². The van der Waals surface area contributed by atoms with Crippen molar-refractivity contribution >= 4 is 28.2 Å². The number of fused-ring (bicyclic) bond motifs is 2. The molecular formula is C30H31N3O5S. The molecule has 0 atom stereocenters. The number of benzene rings is 2. The number of thiazole rings is 1. The number of aromatic nitrogens is 2. The molecule has 39 heavy (non-hydrogen) atoms. The summed E-state index contributed by atoms with van der Waals surface area (Å²) in [5.74, 6) is 2.12. The Balaban J connectivity index is 1.04. The van der Waals surface area contributed by atoms with E-state index in [1.54, 1.807) is 17.5 Å². The van der Waals surface area contributed by atoms with Gasteiger partial charge in [-0.3, -0.25) is 14.0 Å². The Kier molecular flexibility index (Phi) is 7.24. The third-order valence-corrected chi connectivity index (χ3v) is 8.60. The fourth-order valence-corrected chi connectivity index (χ4v) is 6.41. The summed E-state index contributed by atoms with van der Waals surface area (Å²) >= 11 is 1.57. The number of ether oxygens (including phenoxy) is 3. The Morgan fingerprint density at radius 3 is 2.62 bits per heavy atom. The van der Waals surface area contributed by atoms with Crippen LogP contribution in [0.4, 0.5) is 0 Å². The number of esters is 1. The Labute approximate surface area is 230 Å². The molecule has 1 N–H and O–H groups in total. The van der Waals surface area contributed by atoms with Gasteiger partial charge in [0.15, 0.2) is 16.5 Å². The average Bonchev–Trinajstić information content (AvgIpc) is 3.67. The van der Waals surface area contributed by atoms with Crippen molar-refractivity contribution in [3.8, 4) is 21.9 Å². The molecule has 6 rings (SSSR count). The maximum absolute atomic E-state index is 12.7. The van der Waals surface area contributed by atoms with Crippen molar-refractivity contribution in [3.63, 3.8) is 0 Å². The summed E-state index contributed by atoms with van der Waals surface area (Å²) in [6.45, 7) is 2.92. The molecule has 2 aromatic carbocycles. The number of carbonyl (C=O) groups excluding carboxylic acids is 2. The number of carbonyl (C=O) groups is 2. The van der Waals surface area contributed by atoms with Gasteiger partial charge in [-0.15, -0.1) is 0 Å². The van der Waals surface area contributed by atoms with Gasteiger partial charge in [-0.05, 0) is 73.3 Å². The van der Waals surface area contributed by atoms with Gasteiger partial charge in [0.2, 0.25) is 6.79 Å². The van der Waals surface area contributed by atoms with Crippen LogP contribution >= 0.6 is 11.3 Å². The minimum absolute atomic E-state index is 0.0680. The first-order valence-corrected chi connectivity index (χ1v) is 14.3. The molecule has 3 heterocycles. The molecule has 202 valence electrons. The molecule has 1 aliphatic carbocycles. The predicted molar refractivity (Wildman–Crippen MR) is 148 cm³/mol. The molecular weight excluding hydrogens is 514 g/mol. The largest absolute Gasteiger partial charge is 0.466 e. The highest BCUT2D eigenvalue weighted by Crippen LogP contribution is 2.38. The second kappa shape index (κ2) is 11.1. The molecule has 1 saturated carbocycles. The quantitative estimate of drug-likeness (QED) is 0.275. The van der Waals surface area contributed by atoms with E-state index in [1.165, 1.54) is 5.56 Å². The number of rotatable bonds is 8. The maximum atomic E-state index is 12.7. The van der Waals surface area contributed by atoms with Crippen molar-refractivity contribution in [1.29, 1.82) is 0 Å². The lowest BCUT2D eigenvalue weighted by Gasteiger charge is -2.28. The van der Waals surface area contributed by atoms with Crippen LogP contribution in [0, 0.1) is 5.92 Å². The van der Waals surface area contributed by atoms with E-state index in [0.29, 0.717) is 42.9 Å². The highest BCUT2D eigenvalue weighted by Gasteiger charge is 2.24. The first-order chi connectivity index (χ1) is 19.1. The van der Waals surface area contributed by atoms with Gasteiger partial charge in [0.1, 0.15) is 5.69 Å². The molecule has 0 spiro atoms. The fourth-order valence-electron chi connectivity index (χ4n) is 5.44. The van der Waals surface area contributed by atoms with Gasteiger partial charge < -0.3 is 19.5 Å². The zero-order chi connectivity index (χ0) is 26.8. The van der Waals surface area contributed by atoms with Gasteiger partial charge >= 0.3 is 5.97 Å². The number of amides is 1. The molecule has 9 heteroatoms. The molecule has 2 aliphatic rings. The lowest BCUT2D eigenvalue weighted by Crippen LogP contribution is -2.23. The number of hydrogen-bond acceptors (Lipinski definition) is 7. The molecule has 1 fully saturated rings. The Hall–Kier alpha value is -3.85. The van der Waals surface area contributed by atoms with E-state index in [-0.39, 0.29) is 18.7 Å². The molecule has 0 radical (unpaired) electrons. The maximum Gasteiger partial charge on any atom is 0.306 e. The molecule has 2 aromatic heterocycles. The summed E-state index contributed by atoms with van der Waals surface area (Å²) in [5.41, 5.74) is 3.82. The summed E-state index contributed by atoms with van der Waals surface area (Å²) in [5, 5.41) is 2.93. The smallest absolute Gasteiger partial charge is 0.306 e. The van der Waals surface area contributed by atoms with Crippen LogP contribution in [-0.2, 0) is 16.1 Å². The molecule has 0 bridgehead atoms. The second-order valence-electron chi connectivity index (χ2n) is 10.1. The van der Waals surface area contributed by atoms with Gasteiger partial charge in [-0.1, -0.05) is 41.7 Å². The average molecular weight is 546 g/mol. The Morgan fingerprint density at radius 2 is 1.85 bits per heavy atom. The number of hydrogen-bond donors (Lipinski definition) is 1. The molecule has 1 amide bonds. The third kappa shape index (κ3) is 5.63. The minimum atomic E-state index is -0.216. The van der Waals surface area contributed by atoms with Crippen LogP contribution in [0.15, 0.2) is 54.9 Å². The van der Waals surface area contributed by atoms with Crippen LogP contribution in [0.2, 0.25) is 0 Å². The standard InChI is InChI=1S/C30H31N3O5S/c1-2-36-28(34)14-19-3-6-21(7-4-19)22-8-10-23(11-9-22)27-17-33-16-24(32-30(33)39-27)29(35)31-15-20-5-12-25-26(13-20)38-18-37-25/h5,8-13,16-17,19,21H,2-4,6-7,14-15,18H2,1H3,(H,31,35). The molecule has 0 unspecified atom stereocenters. The monoisotopic (exact) mass is 545 g/mol. The van der Waals surface area contributed by atoms with Crippen molar-refractivity contribution in [3.05, 3.63) is 71.7 Å². The molecule has 0 saturated heterocycles. The van der Waals surface area contributed by atoms with E-state index < -0.39 is 0 Å².